The molecule has 0 bridgehead atoms. The Bertz CT molecular complexity index is 656. The summed E-state index contributed by atoms with van der Waals surface area (Å²) in [6, 6.07) is 14.7. The van der Waals surface area contributed by atoms with E-state index in [4.69, 9.17) is 4.74 Å². The maximum Gasteiger partial charge on any atom is 0.124 e. The fourth-order valence-electron chi connectivity index (χ4n) is 2.79. The van der Waals surface area contributed by atoms with Gasteiger partial charge in [-0.1, -0.05) is 59.6 Å². The predicted molar refractivity (Wildman–Crippen MR) is 109 cm³/mol. The first kappa shape index (κ1) is 20.0. The van der Waals surface area contributed by atoms with E-state index < -0.39 is 0 Å². The first-order chi connectivity index (χ1) is 12.1. The summed E-state index contributed by atoms with van der Waals surface area (Å²) < 4.78 is 7.16. The van der Waals surface area contributed by atoms with Crippen LogP contribution in [0.4, 0.5) is 0 Å². The molecular weight excluding hydrogens is 376 g/mol. The highest BCUT2D eigenvalue weighted by molar-refractivity contribution is 9.10. The Kier molecular flexibility index (Phi) is 8.45. The fraction of sp³-hybridized carbons (Fsp3) is 0.429. The van der Waals surface area contributed by atoms with E-state index in [1.807, 2.05) is 12.1 Å². The Morgan fingerprint density at radius 2 is 1.88 bits per heavy atom. The second-order valence-corrected chi connectivity index (χ2v) is 7.15. The van der Waals surface area contributed by atoms with Gasteiger partial charge in [0.2, 0.25) is 0 Å². The van der Waals surface area contributed by atoms with Crippen LogP contribution in [-0.4, -0.2) is 31.1 Å². The van der Waals surface area contributed by atoms with E-state index >= 15 is 0 Å². The lowest BCUT2D eigenvalue weighted by Crippen LogP contribution is -2.31. The molecule has 0 aliphatic carbocycles. The Labute approximate surface area is 160 Å². The third-order valence-corrected chi connectivity index (χ3v) is 4.81. The number of nitrogens with zero attached hydrogens (tertiary/aromatic N) is 1. The third-order valence-electron chi connectivity index (χ3n) is 4.31. The Balaban J connectivity index is 1.92. The zero-order valence-corrected chi connectivity index (χ0v) is 17.1. The molecule has 0 atom stereocenters. The lowest BCUT2D eigenvalue weighted by Gasteiger charge is -2.18. The highest BCUT2D eigenvalue weighted by Gasteiger charge is 2.06. The smallest absolute Gasteiger partial charge is 0.124 e. The van der Waals surface area contributed by atoms with Gasteiger partial charge in [0.25, 0.3) is 0 Å². The summed E-state index contributed by atoms with van der Waals surface area (Å²) in [6.45, 7) is 12.2. The third kappa shape index (κ3) is 6.81. The topological polar surface area (TPSA) is 24.5 Å². The van der Waals surface area contributed by atoms with E-state index in [9.17, 15) is 0 Å². The molecule has 0 aromatic heterocycles. The van der Waals surface area contributed by atoms with Gasteiger partial charge in [-0.25, -0.2) is 0 Å². The maximum absolute atomic E-state index is 6.08. The largest absolute Gasteiger partial charge is 0.489 e. The average Bonchev–Trinajstić information content (AvgIpc) is 2.61. The first-order valence-corrected chi connectivity index (χ1v) is 9.81. The van der Waals surface area contributed by atoms with Gasteiger partial charge in [0, 0.05) is 29.7 Å². The normalized spacial score (nSPS) is 11.1. The molecule has 4 heteroatoms. The zero-order valence-electron chi connectivity index (χ0n) is 15.5. The molecule has 0 radical (unpaired) electrons. The maximum atomic E-state index is 6.08. The number of halogens is 1. The molecule has 3 nitrogen and oxygen atoms in total. The van der Waals surface area contributed by atoms with Gasteiger partial charge in [0.1, 0.15) is 12.4 Å². The monoisotopic (exact) mass is 404 g/mol. The Morgan fingerprint density at radius 1 is 1.08 bits per heavy atom. The Hall–Kier alpha value is -1.36. The molecule has 0 spiro atoms. The van der Waals surface area contributed by atoms with E-state index in [0.29, 0.717) is 6.61 Å². The number of likely N-dealkylation sites (N-methyl/N-ethyl adjacent to an activating group) is 1. The summed E-state index contributed by atoms with van der Waals surface area (Å²) in [4.78, 5) is 2.42. The Morgan fingerprint density at radius 3 is 2.60 bits per heavy atom. The van der Waals surface area contributed by atoms with Gasteiger partial charge in [-0.15, -0.1) is 0 Å². The molecule has 25 heavy (non-hydrogen) atoms. The zero-order chi connectivity index (χ0) is 18.1. The van der Waals surface area contributed by atoms with Gasteiger partial charge in [-0.3, -0.25) is 0 Å². The lowest BCUT2D eigenvalue weighted by atomic mass is 10.1. The van der Waals surface area contributed by atoms with Gasteiger partial charge in [0.15, 0.2) is 0 Å². The highest BCUT2D eigenvalue weighted by atomic mass is 79.9. The van der Waals surface area contributed by atoms with Gasteiger partial charge >= 0.3 is 0 Å². The van der Waals surface area contributed by atoms with Crippen molar-refractivity contribution in [3.05, 3.63) is 63.6 Å². The molecule has 0 heterocycles. The summed E-state index contributed by atoms with van der Waals surface area (Å²) in [5.41, 5.74) is 3.64. The summed E-state index contributed by atoms with van der Waals surface area (Å²) in [5.74, 6) is 0.944. The van der Waals surface area contributed by atoms with E-state index in [0.717, 1.165) is 42.9 Å². The second kappa shape index (κ2) is 10.6. The van der Waals surface area contributed by atoms with Crippen LogP contribution in [0.25, 0.3) is 0 Å². The molecular formula is C21H29BrN2O. The molecule has 0 amide bonds. The summed E-state index contributed by atoms with van der Waals surface area (Å²) in [5, 5.41) is 3.53. The minimum atomic E-state index is 0.593. The van der Waals surface area contributed by atoms with E-state index in [1.165, 1.54) is 16.7 Å². The molecule has 2 aromatic rings. The summed E-state index contributed by atoms with van der Waals surface area (Å²) >= 11 is 3.56. The highest BCUT2D eigenvalue weighted by Crippen LogP contribution is 2.24. The van der Waals surface area contributed by atoms with Crippen LogP contribution in [0, 0.1) is 6.92 Å². The van der Waals surface area contributed by atoms with Crippen molar-refractivity contribution >= 4 is 15.9 Å². The number of benzene rings is 2. The van der Waals surface area contributed by atoms with Crippen LogP contribution < -0.4 is 10.1 Å². The second-order valence-electron chi connectivity index (χ2n) is 6.23. The average molecular weight is 405 g/mol. The number of ether oxygens (including phenoxy) is 1. The van der Waals surface area contributed by atoms with Crippen molar-refractivity contribution in [1.82, 2.24) is 10.2 Å². The van der Waals surface area contributed by atoms with Crippen molar-refractivity contribution in [3.63, 3.8) is 0 Å². The number of aryl methyl sites for hydroxylation is 1. The van der Waals surface area contributed by atoms with Crippen molar-refractivity contribution < 1.29 is 4.74 Å². The lowest BCUT2D eigenvalue weighted by molar-refractivity contribution is 0.295. The van der Waals surface area contributed by atoms with Gasteiger partial charge < -0.3 is 15.0 Å². The predicted octanol–water partition coefficient (Wildman–Crippen LogP) is 4.77. The molecule has 0 unspecified atom stereocenters. The number of nitrogens with one attached hydrogen (secondary N) is 1. The van der Waals surface area contributed by atoms with Crippen LogP contribution in [0.2, 0.25) is 0 Å². The van der Waals surface area contributed by atoms with E-state index in [1.54, 1.807) is 0 Å². The van der Waals surface area contributed by atoms with Crippen molar-refractivity contribution in [2.75, 3.05) is 26.2 Å². The molecule has 0 aliphatic rings. The minimum absolute atomic E-state index is 0.593. The minimum Gasteiger partial charge on any atom is -0.489 e. The molecule has 2 rings (SSSR count). The van der Waals surface area contributed by atoms with Gasteiger partial charge in [-0.05, 0) is 43.8 Å². The van der Waals surface area contributed by atoms with E-state index in [2.05, 4.69) is 77.2 Å². The van der Waals surface area contributed by atoms with Gasteiger partial charge in [-0.2, -0.15) is 0 Å². The quantitative estimate of drug-likeness (QED) is 0.577. The van der Waals surface area contributed by atoms with Gasteiger partial charge in [0.05, 0.1) is 0 Å². The number of rotatable bonds is 10. The summed E-state index contributed by atoms with van der Waals surface area (Å²) in [7, 11) is 0. The first-order valence-electron chi connectivity index (χ1n) is 9.02. The molecule has 1 N–H and O–H groups in total. The number of hydrogen-bond donors (Lipinski definition) is 1. The SMILES string of the molecule is CCN(CC)CCNCc1cc(Br)ccc1OCc1cccc(C)c1. The number of hydrogen-bond acceptors (Lipinski definition) is 3. The fourth-order valence-corrected chi connectivity index (χ4v) is 3.20. The van der Waals surface area contributed by atoms with Crippen LogP contribution in [0.1, 0.15) is 30.5 Å². The summed E-state index contributed by atoms with van der Waals surface area (Å²) in [6.07, 6.45) is 0. The van der Waals surface area contributed by atoms with Crippen LogP contribution in [0.15, 0.2) is 46.9 Å². The van der Waals surface area contributed by atoms with E-state index in [-0.39, 0.29) is 0 Å². The van der Waals surface area contributed by atoms with Crippen LogP contribution in [-0.2, 0) is 13.2 Å². The van der Waals surface area contributed by atoms with Crippen molar-refractivity contribution in [3.8, 4) is 5.75 Å². The molecule has 0 fully saturated rings. The molecule has 2 aromatic carbocycles. The molecule has 136 valence electrons. The molecule has 0 aliphatic heterocycles. The van der Waals surface area contributed by atoms with Crippen molar-refractivity contribution in [2.24, 2.45) is 0 Å². The molecule has 0 saturated heterocycles. The van der Waals surface area contributed by atoms with Crippen molar-refractivity contribution in [1.29, 1.82) is 0 Å². The van der Waals surface area contributed by atoms with Crippen molar-refractivity contribution in [2.45, 2.75) is 33.9 Å². The van der Waals surface area contributed by atoms with Crippen LogP contribution >= 0.6 is 15.9 Å². The van der Waals surface area contributed by atoms with Crippen LogP contribution in [0.3, 0.4) is 0 Å². The standard InChI is InChI=1S/C21H29BrN2O/c1-4-24(5-2)12-11-23-15-19-14-20(22)9-10-21(19)25-16-18-8-6-7-17(3)13-18/h6-10,13-14,23H,4-5,11-12,15-16H2,1-3H3. The molecule has 0 saturated carbocycles. The van der Waals surface area contributed by atoms with Crippen LogP contribution in [0.5, 0.6) is 5.75 Å².